The largest absolute Gasteiger partial charge is 0.478 e. The molecule has 0 radical (unpaired) electrons. The summed E-state index contributed by atoms with van der Waals surface area (Å²) in [7, 11) is 0. The van der Waals surface area contributed by atoms with Gasteiger partial charge in [-0.25, -0.2) is 19.4 Å². The number of rotatable bonds is 3. The fourth-order valence-electron chi connectivity index (χ4n) is 2.00. The first kappa shape index (κ1) is 12.6. The van der Waals surface area contributed by atoms with E-state index in [0.717, 1.165) is 0 Å². The molecule has 2 aromatic heterocycles. The Labute approximate surface area is 117 Å². The van der Waals surface area contributed by atoms with Crippen LogP contribution in [0.25, 0.3) is 27.2 Å². The molecule has 1 N–H and O–H groups in total. The monoisotopic (exact) mass is 281 g/mol. The highest BCUT2D eigenvalue weighted by Crippen LogP contribution is 2.25. The summed E-state index contributed by atoms with van der Waals surface area (Å²) >= 11 is 0. The third-order valence-electron chi connectivity index (χ3n) is 2.82. The van der Waals surface area contributed by atoms with Crippen LogP contribution in [-0.2, 0) is 0 Å². The number of nitrogens with zero attached hydrogens (tertiary/aromatic N) is 7. The molecule has 3 rings (SSSR count). The second-order valence-corrected chi connectivity index (χ2v) is 4.00. The number of carboxylic acid groups (broad SMARTS) is 1. The molecule has 0 aliphatic heterocycles. The minimum Gasteiger partial charge on any atom is -0.478 e. The van der Waals surface area contributed by atoms with E-state index in [4.69, 9.17) is 5.53 Å². The molecule has 0 saturated carbocycles. The molecule has 9 heteroatoms. The average molecular weight is 281 g/mol. The number of para-hydroxylation sites is 1. The topological polar surface area (TPSA) is 130 Å². The zero-order chi connectivity index (χ0) is 14.8. The number of hydrogen-bond acceptors (Lipinski definition) is 5. The molecule has 0 amide bonds. The van der Waals surface area contributed by atoms with Gasteiger partial charge in [-0.05, 0) is 16.7 Å². The van der Waals surface area contributed by atoms with Gasteiger partial charge in [-0.2, -0.15) is 5.10 Å². The Morgan fingerprint density at radius 2 is 2.14 bits per heavy atom. The van der Waals surface area contributed by atoms with Crippen molar-refractivity contribution >= 4 is 22.7 Å². The van der Waals surface area contributed by atoms with E-state index >= 15 is 0 Å². The zero-order valence-electron chi connectivity index (χ0n) is 10.5. The Hall–Kier alpha value is -3.45. The molecule has 9 nitrogen and oxygen atoms in total. The van der Waals surface area contributed by atoms with Crippen molar-refractivity contribution in [3.05, 3.63) is 52.8 Å². The Balaban J connectivity index is 2.37. The van der Waals surface area contributed by atoms with Gasteiger partial charge in [-0.3, -0.25) is 0 Å². The van der Waals surface area contributed by atoms with Crippen molar-refractivity contribution in [2.75, 3.05) is 0 Å². The normalized spacial score (nSPS) is 10.3. The van der Waals surface area contributed by atoms with Gasteiger partial charge in [-0.1, -0.05) is 12.1 Å². The average Bonchev–Trinajstić information content (AvgIpc) is 2.92. The number of carbonyl (C=O) groups is 1. The molecule has 0 unspecified atom stereocenters. The summed E-state index contributed by atoms with van der Waals surface area (Å²) < 4.78 is 1.30. The van der Waals surface area contributed by atoms with Gasteiger partial charge >= 0.3 is 5.97 Å². The van der Waals surface area contributed by atoms with Gasteiger partial charge in [0.1, 0.15) is 0 Å². The maximum atomic E-state index is 11.3. The third kappa shape index (κ3) is 2.03. The summed E-state index contributed by atoms with van der Waals surface area (Å²) in [5.41, 5.74) is 9.00. The van der Waals surface area contributed by atoms with E-state index in [2.05, 4.69) is 25.1 Å². The molecule has 0 saturated heterocycles. The quantitative estimate of drug-likeness (QED) is 0.447. The van der Waals surface area contributed by atoms with E-state index in [0.29, 0.717) is 10.9 Å². The van der Waals surface area contributed by atoms with Crippen molar-refractivity contribution in [1.29, 1.82) is 0 Å². The number of benzene rings is 1. The van der Waals surface area contributed by atoms with Crippen molar-refractivity contribution in [1.82, 2.24) is 19.7 Å². The zero-order valence-corrected chi connectivity index (χ0v) is 10.5. The Kier molecular flexibility index (Phi) is 2.94. The minimum atomic E-state index is -1.09. The van der Waals surface area contributed by atoms with Crippen LogP contribution in [0.5, 0.6) is 0 Å². The maximum absolute atomic E-state index is 11.3. The molecule has 0 atom stereocenters. The van der Waals surface area contributed by atoms with Gasteiger partial charge in [-0.15, -0.1) is 0 Å². The van der Waals surface area contributed by atoms with Crippen molar-refractivity contribution in [3.63, 3.8) is 0 Å². The van der Waals surface area contributed by atoms with Crippen LogP contribution >= 0.6 is 0 Å². The first-order chi connectivity index (χ1) is 10.2. The van der Waals surface area contributed by atoms with E-state index in [1.807, 2.05) is 0 Å². The smallest absolute Gasteiger partial charge is 0.337 e. The van der Waals surface area contributed by atoms with Crippen LogP contribution < -0.4 is 0 Å². The van der Waals surface area contributed by atoms with E-state index < -0.39 is 5.97 Å². The van der Waals surface area contributed by atoms with Gasteiger partial charge in [0.05, 0.1) is 17.3 Å². The summed E-state index contributed by atoms with van der Waals surface area (Å²) in [5.74, 6) is -0.902. The summed E-state index contributed by atoms with van der Waals surface area (Å²) in [6, 6.07) is 4.82. The highest BCUT2D eigenvalue weighted by Gasteiger charge is 2.17. The predicted octanol–water partition coefficient (Wildman–Crippen LogP) is 2.46. The summed E-state index contributed by atoms with van der Waals surface area (Å²) in [6.07, 6.45) is 4.29. The lowest BCUT2D eigenvalue weighted by atomic mass is 10.1. The molecule has 21 heavy (non-hydrogen) atoms. The molecular formula is C12H7N7O2. The number of aromatic carboxylic acids is 1. The SMILES string of the molecule is [N-]=[N+]=Nc1nccnc1-n1ncc2cccc(C(=O)O)c21. The summed E-state index contributed by atoms with van der Waals surface area (Å²) in [4.78, 5) is 22.0. The summed E-state index contributed by atoms with van der Waals surface area (Å²) in [6.45, 7) is 0. The second-order valence-electron chi connectivity index (χ2n) is 4.00. The van der Waals surface area contributed by atoms with Gasteiger partial charge in [0.15, 0.2) is 11.6 Å². The highest BCUT2D eigenvalue weighted by atomic mass is 16.4. The number of azide groups is 1. The number of hydrogen-bond donors (Lipinski definition) is 1. The first-order valence-corrected chi connectivity index (χ1v) is 5.79. The van der Waals surface area contributed by atoms with Crippen molar-refractivity contribution in [2.24, 2.45) is 5.11 Å². The molecule has 0 aliphatic rings. The fraction of sp³-hybridized carbons (Fsp3) is 0. The molecule has 2 heterocycles. The molecule has 1 aromatic carbocycles. The van der Waals surface area contributed by atoms with E-state index in [-0.39, 0.29) is 17.2 Å². The number of carboxylic acids is 1. The number of fused-ring (bicyclic) bond motifs is 1. The lowest BCUT2D eigenvalue weighted by molar-refractivity contribution is 0.0698. The standard InChI is InChI=1S/C12H7N7O2/c13-18-17-10-11(15-5-4-14-10)19-9-7(6-16-19)2-1-3-8(9)12(20)21/h1-6H,(H,20,21). The maximum Gasteiger partial charge on any atom is 0.337 e. The predicted molar refractivity (Wildman–Crippen MR) is 72.4 cm³/mol. The Morgan fingerprint density at radius 3 is 2.90 bits per heavy atom. The van der Waals surface area contributed by atoms with Crippen LogP contribution in [0.2, 0.25) is 0 Å². The van der Waals surface area contributed by atoms with Crippen LogP contribution in [0.4, 0.5) is 5.82 Å². The van der Waals surface area contributed by atoms with Gasteiger partial charge in [0, 0.05) is 22.7 Å². The molecule has 102 valence electrons. The minimum absolute atomic E-state index is 0.0187. The number of aromatic nitrogens is 4. The molecule has 0 aliphatic carbocycles. The lowest BCUT2D eigenvalue weighted by Crippen LogP contribution is -2.05. The Bertz CT molecular complexity index is 896. The van der Waals surface area contributed by atoms with Crippen LogP contribution in [0.15, 0.2) is 41.9 Å². The van der Waals surface area contributed by atoms with E-state index in [1.54, 1.807) is 12.1 Å². The second kappa shape index (κ2) is 4.91. The first-order valence-electron chi connectivity index (χ1n) is 5.79. The van der Waals surface area contributed by atoms with Crippen molar-refractivity contribution < 1.29 is 9.90 Å². The van der Waals surface area contributed by atoms with Gasteiger partial charge in [0.2, 0.25) is 0 Å². The molecule has 0 spiro atoms. The summed E-state index contributed by atoms with van der Waals surface area (Å²) in [5, 5.41) is 17.5. The van der Waals surface area contributed by atoms with Crippen molar-refractivity contribution in [3.8, 4) is 5.82 Å². The van der Waals surface area contributed by atoms with Gasteiger partial charge in [0.25, 0.3) is 0 Å². The van der Waals surface area contributed by atoms with Crippen molar-refractivity contribution in [2.45, 2.75) is 0 Å². The van der Waals surface area contributed by atoms with Crippen LogP contribution in [0, 0.1) is 0 Å². The fourth-order valence-corrected chi connectivity index (χ4v) is 2.00. The van der Waals surface area contributed by atoms with E-state index in [1.165, 1.54) is 29.3 Å². The molecule has 0 bridgehead atoms. The Morgan fingerprint density at radius 1 is 1.33 bits per heavy atom. The van der Waals surface area contributed by atoms with E-state index in [9.17, 15) is 9.90 Å². The van der Waals surface area contributed by atoms with Gasteiger partial charge < -0.3 is 5.11 Å². The lowest BCUT2D eigenvalue weighted by Gasteiger charge is -2.06. The molecule has 0 fully saturated rings. The van der Waals surface area contributed by atoms with Crippen LogP contribution in [0.1, 0.15) is 10.4 Å². The third-order valence-corrected chi connectivity index (χ3v) is 2.82. The highest BCUT2D eigenvalue weighted by molar-refractivity contribution is 6.02. The van der Waals surface area contributed by atoms with Crippen LogP contribution in [-0.4, -0.2) is 30.8 Å². The molecule has 3 aromatic rings. The van der Waals surface area contributed by atoms with Crippen LogP contribution in [0.3, 0.4) is 0 Å². The molecular weight excluding hydrogens is 274 g/mol.